The molecule has 1 aromatic heterocycles. The first-order chi connectivity index (χ1) is 11.3. The van der Waals surface area contributed by atoms with Gasteiger partial charge in [-0.15, -0.1) is 0 Å². The van der Waals surface area contributed by atoms with Crippen LogP contribution in [0.4, 0.5) is 0 Å². The Labute approximate surface area is 146 Å². The topological polar surface area (TPSA) is 76.4 Å². The van der Waals surface area contributed by atoms with Crippen molar-refractivity contribution in [3.63, 3.8) is 0 Å². The molecule has 0 saturated heterocycles. The first-order valence-electron chi connectivity index (χ1n) is 7.64. The van der Waals surface area contributed by atoms with Crippen LogP contribution in [0.3, 0.4) is 0 Å². The van der Waals surface area contributed by atoms with Crippen molar-refractivity contribution in [2.24, 2.45) is 0 Å². The van der Waals surface area contributed by atoms with Crippen LogP contribution in [0.2, 0.25) is 5.02 Å². The fraction of sp³-hybridized carbons (Fsp3) is 0.353. The van der Waals surface area contributed by atoms with Crippen molar-refractivity contribution in [1.29, 1.82) is 0 Å². The molecular formula is C17H20ClNO4S. The van der Waals surface area contributed by atoms with Crippen LogP contribution in [-0.2, 0) is 21.3 Å². The fourth-order valence-electron chi connectivity index (χ4n) is 2.09. The van der Waals surface area contributed by atoms with E-state index < -0.39 is 9.84 Å². The van der Waals surface area contributed by atoms with Crippen LogP contribution in [0, 0.1) is 0 Å². The van der Waals surface area contributed by atoms with E-state index in [9.17, 15) is 13.2 Å². The molecule has 1 unspecified atom stereocenters. The highest BCUT2D eigenvalue weighted by atomic mass is 35.5. The van der Waals surface area contributed by atoms with E-state index in [1.807, 2.05) is 13.8 Å². The third-order valence-corrected chi connectivity index (χ3v) is 5.41. The third kappa shape index (κ3) is 5.11. The largest absolute Gasteiger partial charge is 0.455 e. The lowest BCUT2D eigenvalue weighted by atomic mass is 10.2. The summed E-state index contributed by atoms with van der Waals surface area (Å²) < 4.78 is 30.0. The van der Waals surface area contributed by atoms with E-state index in [1.165, 1.54) is 12.1 Å². The number of carbonyl (C=O) groups is 1. The number of amides is 1. The summed E-state index contributed by atoms with van der Waals surface area (Å²) in [7, 11) is -3.46. The number of nitrogens with one attached hydrogen (secondary N) is 1. The number of carbonyl (C=O) groups excluding carboxylic acids is 1. The molecule has 7 heteroatoms. The summed E-state index contributed by atoms with van der Waals surface area (Å²) >= 11 is 6.00. The van der Waals surface area contributed by atoms with Crippen LogP contribution in [0.25, 0.3) is 0 Å². The maximum Gasteiger partial charge on any atom is 0.287 e. The molecule has 130 valence electrons. The molecule has 1 atom stereocenters. The second-order valence-electron chi connectivity index (χ2n) is 5.67. The summed E-state index contributed by atoms with van der Waals surface area (Å²) in [6.45, 7) is 3.84. The summed E-state index contributed by atoms with van der Waals surface area (Å²) in [4.78, 5) is 12.0. The van der Waals surface area contributed by atoms with E-state index in [0.717, 1.165) is 6.42 Å². The van der Waals surface area contributed by atoms with Gasteiger partial charge in [-0.3, -0.25) is 4.79 Å². The highest BCUT2D eigenvalue weighted by Gasteiger charge is 2.19. The predicted octanol–water partition coefficient (Wildman–Crippen LogP) is 3.58. The van der Waals surface area contributed by atoms with Gasteiger partial charge in [0.25, 0.3) is 5.91 Å². The molecule has 24 heavy (non-hydrogen) atoms. The van der Waals surface area contributed by atoms with Gasteiger partial charge in [0.1, 0.15) is 11.5 Å². The summed E-state index contributed by atoms with van der Waals surface area (Å²) in [5.74, 6) is -0.468. The number of hydrogen-bond donors (Lipinski definition) is 1. The van der Waals surface area contributed by atoms with E-state index in [4.69, 9.17) is 16.0 Å². The van der Waals surface area contributed by atoms with Gasteiger partial charge in [0.05, 0.1) is 5.75 Å². The van der Waals surface area contributed by atoms with E-state index in [-0.39, 0.29) is 35.0 Å². The van der Waals surface area contributed by atoms with Crippen LogP contribution in [0.1, 0.15) is 42.1 Å². The minimum Gasteiger partial charge on any atom is -0.455 e. The van der Waals surface area contributed by atoms with Gasteiger partial charge in [0.15, 0.2) is 15.6 Å². The van der Waals surface area contributed by atoms with Crippen molar-refractivity contribution >= 4 is 27.3 Å². The molecule has 1 aromatic carbocycles. The molecule has 0 saturated carbocycles. The van der Waals surface area contributed by atoms with E-state index in [1.54, 1.807) is 24.3 Å². The first-order valence-corrected chi connectivity index (χ1v) is 9.84. The molecule has 0 spiro atoms. The average Bonchev–Trinajstić information content (AvgIpc) is 2.97. The van der Waals surface area contributed by atoms with E-state index in [0.29, 0.717) is 10.6 Å². The zero-order valence-corrected chi connectivity index (χ0v) is 15.2. The SMILES string of the molecule is CCC(C)NC(=O)c1ccc(CS(=O)(=O)Cc2ccccc2Cl)o1. The van der Waals surface area contributed by atoms with Crippen molar-refractivity contribution in [1.82, 2.24) is 5.32 Å². The average molecular weight is 370 g/mol. The molecule has 0 bridgehead atoms. The number of halogens is 1. The molecule has 1 amide bonds. The van der Waals surface area contributed by atoms with Gasteiger partial charge >= 0.3 is 0 Å². The second-order valence-corrected chi connectivity index (χ2v) is 8.14. The van der Waals surface area contributed by atoms with Crippen LogP contribution < -0.4 is 5.32 Å². The highest BCUT2D eigenvalue weighted by molar-refractivity contribution is 7.89. The normalized spacial score (nSPS) is 12.8. The van der Waals surface area contributed by atoms with Gasteiger partial charge in [-0.1, -0.05) is 36.7 Å². The van der Waals surface area contributed by atoms with Crippen molar-refractivity contribution in [3.8, 4) is 0 Å². The zero-order valence-electron chi connectivity index (χ0n) is 13.6. The number of furan rings is 1. The number of rotatable bonds is 7. The molecular weight excluding hydrogens is 350 g/mol. The second kappa shape index (κ2) is 7.85. The molecule has 0 fully saturated rings. The highest BCUT2D eigenvalue weighted by Crippen LogP contribution is 2.20. The van der Waals surface area contributed by atoms with Gasteiger partial charge < -0.3 is 9.73 Å². The summed E-state index contributed by atoms with van der Waals surface area (Å²) in [6.07, 6.45) is 0.797. The molecule has 2 rings (SSSR count). The Morgan fingerprint density at radius 3 is 2.58 bits per heavy atom. The van der Waals surface area contributed by atoms with Gasteiger partial charge in [-0.25, -0.2) is 8.42 Å². The van der Waals surface area contributed by atoms with Crippen molar-refractivity contribution in [2.75, 3.05) is 0 Å². The van der Waals surface area contributed by atoms with E-state index >= 15 is 0 Å². The molecule has 0 aliphatic heterocycles. The monoisotopic (exact) mass is 369 g/mol. The number of hydrogen-bond acceptors (Lipinski definition) is 4. The number of benzene rings is 1. The Bertz CT molecular complexity index is 814. The van der Waals surface area contributed by atoms with Gasteiger partial charge in [0, 0.05) is 11.1 Å². The van der Waals surface area contributed by atoms with Crippen LogP contribution >= 0.6 is 11.6 Å². The van der Waals surface area contributed by atoms with Gasteiger partial charge in [-0.05, 0) is 37.1 Å². The first kappa shape index (κ1) is 18.5. The maximum atomic E-state index is 12.3. The Kier molecular flexibility index (Phi) is 6.07. The molecule has 5 nitrogen and oxygen atoms in total. The Balaban J connectivity index is 2.06. The summed E-state index contributed by atoms with van der Waals surface area (Å²) in [5.41, 5.74) is 0.542. The Hall–Kier alpha value is -1.79. The minimum absolute atomic E-state index is 0.0232. The minimum atomic E-state index is -3.46. The molecule has 0 aliphatic carbocycles. The van der Waals surface area contributed by atoms with Gasteiger partial charge in [0.2, 0.25) is 0 Å². The van der Waals surface area contributed by atoms with E-state index in [2.05, 4.69) is 5.32 Å². The standard InChI is InChI=1S/C17H20ClNO4S/c1-3-12(2)19-17(20)16-9-8-14(23-16)11-24(21,22)10-13-6-4-5-7-15(13)18/h4-9,12H,3,10-11H2,1-2H3,(H,19,20). The van der Waals surface area contributed by atoms with Crippen LogP contribution in [-0.4, -0.2) is 20.4 Å². The lowest BCUT2D eigenvalue weighted by molar-refractivity contribution is 0.0909. The van der Waals surface area contributed by atoms with Crippen molar-refractivity contribution < 1.29 is 17.6 Å². The maximum absolute atomic E-state index is 12.3. The smallest absolute Gasteiger partial charge is 0.287 e. The van der Waals surface area contributed by atoms with Crippen LogP contribution in [0.15, 0.2) is 40.8 Å². The zero-order chi connectivity index (χ0) is 17.7. The lowest BCUT2D eigenvalue weighted by Crippen LogP contribution is -2.31. The molecule has 1 heterocycles. The Morgan fingerprint density at radius 2 is 1.92 bits per heavy atom. The Morgan fingerprint density at radius 1 is 1.21 bits per heavy atom. The van der Waals surface area contributed by atoms with Gasteiger partial charge in [-0.2, -0.15) is 0 Å². The van der Waals surface area contributed by atoms with Crippen molar-refractivity contribution in [2.45, 2.75) is 37.8 Å². The number of sulfone groups is 1. The molecule has 0 aliphatic rings. The molecule has 2 aromatic rings. The summed E-state index contributed by atoms with van der Waals surface area (Å²) in [6, 6.07) is 9.82. The fourth-order valence-corrected chi connectivity index (χ4v) is 3.79. The molecule has 0 radical (unpaired) electrons. The predicted molar refractivity (Wildman–Crippen MR) is 93.7 cm³/mol. The van der Waals surface area contributed by atoms with Crippen LogP contribution in [0.5, 0.6) is 0 Å². The quantitative estimate of drug-likeness (QED) is 0.809. The third-order valence-electron chi connectivity index (χ3n) is 3.57. The summed E-state index contributed by atoms with van der Waals surface area (Å²) in [5, 5.41) is 3.18. The lowest BCUT2D eigenvalue weighted by Gasteiger charge is -2.09. The molecule has 1 N–H and O–H groups in total. The van der Waals surface area contributed by atoms with Crippen molar-refractivity contribution in [3.05, 3.63) is 58.5 Å².